The first-order valence-corrected chi connectivity index (χ1v) is 8.52. The van der Waals surface area contributed by atoms with Crippen LogP contribution < -0.4 is 0 Å². The summed E-state index contributed by atoms with van der Waals surface area (Å²) >= 11 is 1.44. The van der Waals surface area contributed by atoms with Crippen LogP contribution in [0.2, 0.25) is 0 Å². The third kappa shape index (κ3) is 3.36. The first-order valence-electron chi connectivity index (χ1n) is 7.64. The maximum absolute atomic E-state index is 9.49. The number of hydrogen-bond donors (Lipinski definition) is 0. The predicted molar refractivity (Wildman–Crippen MR) is 93.6 cm³/mol. The molecule has 3 aromatic rings. The highest BCUT2D eigenvalue weighted by molar-refractivity contribution is 8.00. The van der Waals surface area contributed by atoms with Crippen molar-refractivity contribution in [1.82, 2.24) is 14.8 Å². The van der Waals surface area contributed by atoms with Gasteiger partial charge < -0.3 is 8.98 Å². The quantitative estimate of drug-likeness (QED) is 0.660. The van der Waals surface area contributed by atoms with Crippen molar-refractivity contribution < 1.29 is 4.42 Å². The van der Waals surface area contributed by atoms with Gasteiger partial charge in [0.05, 0.1) is 17.9 Å². The molecule has 6 heteroatoms. The fourth-order valence-electron chi connectivity index (χ4n) is 2.45. The summed E-state index contributed by atoms with van der Waals surface area (Å²) in [4.78, 5) is 0. The average molecular weight is 338 g/mol. The van der Waals surface area contributed by atoms with Crippen molar-refractivity contribution in [2.45, 2.75) is 30.7 Å². The van der Waals surface area contributed by atoms with Gasteiger partial charge >= 0.3 is 0 Å². The Morgan fingerprint density at radius 2 is 1.96 bits per heavy atom. The first-order chi connectivity index (χ1) is 11.6. The smallest absolute Gasteiger partial charge is 0.192 e. The minimum absolute atomic E-state index is 0.214. The number of aromatic nitrogens is 3. The zero-order valence-corrected chi connectivity index (χ0v) is 14.7. The molecule has 122 valence electrons. The molecule has 2 aromatic heterocycles. The van der Waals surface area contributed by atoms with Gasteiger partial charge in [-0.15, -0.1) is 10.2 Å². The molecule has 24 heavy (non-hydrogen) atoms. The van der Waals surface area contributed by atoms with Gasteiger partial charge in [0.2, 0.25) is 0 Å². The molecular weight excluding hydrogens is 320 g/mol. The summed E-state index contributed by atoms with van der Waals surface area (Å²) in [6, 6.07) is 12.5. The second kappa shape index (κ2) is 6.93. The molecule has 0 N–H and O–H groups in total. The number of aryl methyl sites for hydroxylation is 2. The van der Waals surface area contributed by atoms with E-state index in [-0.39, 0.29) is 5.25 Å². The summed E-state index contributed by atoms with van der Waals surface area (Å²) < 4.78 is 7.24. The highest BCUT2D eigenvalue weighted by Gasteiger charge is 2.19. The fraction of sp³-hybridized carbons (Fsp3) is 0.278. The number of furan rings is 1. The Balaban J connectivity index is 1.77. The lowest BCUT2D eigenvalue weighted by atomic mass is 10.1. The Bertz CT molecular complexity index is 873. The second-order valence-corrected chi connectivity index (χ2v) is 6.85. The van der Waals surface area contributed by atoms with Gasteiger partial charge in [0.15, 0.2) is 11.0 Å². The molecular formula is C18H18N4OS. The first kappa shape index (κ1) is 16.3. The Labute approximate surface area is 145 Å². The highest BCUT2D eigenvalue weighted by Crippen LogP contribution is 2.29. The van der Waals surface area contributed by atoms with Crippen molar-refractivity contribution >= 4 is 11.8 Å². The number of nitriles is 1. The lowest BCUT2D eigenvalue weighted by Gasteiger charge is -2.09. The molecule has 3 rings (SSSR count). The van der Waals surface area contributed by atoms with Gasteiger partial charge in [0.1, 0.15) is 11.0 Å². The summed E-state index contributed by atoms with van der Waals surface area (Å²) in [6.45, 7) is 3.95. The van der Waals surface area contributed by atoms with E-state index in [1.165, 1.54) is 17.3 Å². The normalized spacial score (nSPS) is 12.1. The topological polar surface area (TPSA) is 67.6 Å². The number of benzene rings is 1. The Morgan fingerprint density at radius 3 is 2.58 bits per heavy atom. The molecule has 0 spiro atoms. The summed E-state index contributed by atoms with van der Waals surface area (Å²) in [5.41, 5.74) is 3.28. The number of nitrogens with zero attached hydrogens (tertiary/aromatic N) is 4. The zero-order chi connectivity index (χ0) is 17.1. The summed E-state index contributed by atoms with van der Waals surface area (Å²) in [6.07, 6.45) is 2.32. The molecule has 0 radical (unpaired) electrons. The van der Waals surface area contributed by atoms with Gasteiger partial charge in [-0.25, -0.2) is 0 Å². The monoisotopic (exact) mass is 338 g/mol. The van der Waals surface area contributed by atoms with Crippen LogP contribution in [0.15, 0.2) is 46.2 Å². The predicted octanol–water partition coefficient (Wildman–Crippen LogP) is 3.92. The molecule has 0 fully saturated rings. The van der Waals surface area contributed by atoms with Crippen LogP contribution in [0, 0.1) is 25.2 Å². The standard InChI is InChI=1S/C18H18N4OS/c1-12-4-6-14(7-5-12)10-15(11-19)24-18-21-20-17(22(18)3)16-8-9-23-13(16)2/h4-9,15H,10H2,1-3H3/t15-/m1/s1. The van der Waals surface area contributed by atoms with E-state index in [4.69, 9.17) is 4.42 Å². The third-order valence-electron chi connectivity index (χ3n) is 3.87. The van der Waals surface area contributed by atoms with E-state index < -0.39 is 0 Å². The van der Waals surface area contributed by atoms with Gasteiger partial charge in [0, 0.05) is 7.05 Å². The van der Waals surface area contributed by atoms with Crippen LogP contribution in [0.25, 0.3) is 11.4 Å². The molecule has 5 nitrogen and oxygen atoms in total. The van der Waals surface area contributed by atoms with E-state index in [2.05, 4.69) is 47.5 Å². The minimum atomic E-state index is -0.214. The van der Waals surface area contributed by atoms with Crippen molar-refractivity contribution in [1.29, 1.82) is 5.26 Å². The Morgan fingerprint density at radius 1 is 1.21 bits per heavy atom. The summed E-state index contributed by atoms with van der Waals surface area (Å²) in [5, 5.41) is 18.5. The maximum atomic E-state index is 9.49. The Hall–Kier alpha value is -2.52. The summed E-state index contributed by atoms with van der Waals surface area (Å²) in [7, 11) is 1.91. The van der Waals surface area contributed by atoms with E-state index in [1.807, 2.05) is 24.6 Å². The van der Waals surface area contributed by atoms with E-state index in [0.717, 1.165) is 27.9 Å². The van der Waals surface area contributed by atoms with Crippen LogP contribution in [-0.4, -0.2) is 20.0 Å². The molecule has 0 aliphatic rings. The molecule has 1 aromatic carbocycles. The molecule has 0 aliphatic carbocycles. The molecule has 0 saturated carbocycles. The van der Waals surface area contributed by atoms with Crippen LogP contribution >= 0.6 is 11.8 Å². The molecule has 2 heterocycles. The van der Waals surface area contributed by atoms with Crippen molar-refractivity contribution in [3.8, 4) is 17.5 Å². The van der Waals surface area contributed by atoms with Crippen molar-refractivity contribution in [3.63, 3.8) is 0 Å². The van der Waals surface area contributed by atoms with Crippen LogP contribution in [0.1, 0.15) is 16.9 Å². The molecule has 0 amide bonds. The van der Waals surface area contributed by atoms with Crippen LogP contribution in [0.3, 0.4) is 0 Å². The number of hydrogen-bond acceptors (Lipinski definition) is 5. The highest BCUT2D eigenvalue weighted by atomic mass is 32.2. The minimum Gasteiger partial charge on any atom is -0.469 e. The molecule has 0 aliphatic heterocycles. The van der Waals surface area contributed by atoms with E-state index in [1.54, 1.807) is 6.26 Å². The van der Waals surface area contributed by atoms with Crippen molar-refractivity contribution in [3.05, 3.63) is 53.5 Å². The largest absolute Gasteiger partial charge is 0.469 e. The second-order valence-electron chi connectivity index (χ2n) is 5.68. The van der Waals surface area contributed by atoms with Gasteiger partial charge in [-0.05, 0) is 31.9 Å². The maximum Gasteiger partial charge on any atom is 0.192 e. The summed E-state index contributed by atoms with van der Waals surface area (Å²) in [5.74, 6) is 1.55. The van der Waals surface area contributed by atoms with Crippen LogP contribution in [0.5, 0.6) is 0 Å². The van der Waals surface area contributed by atoms with Gasteiger partial charge in [-0.1, -0.05) is 41.6 Å². The molecule has 0 saturated heterocycles. The zero-order valence-electron chi connectivity index (χ0n) is 13.9. The lowest BCUT2D eigenvalue weighted by Crippen LogP contribution is -2.06. The van der Waals surface area contributed by atoms with Crippen LogP contribution in [0.4, 0.5) is 0 Å². The van der Waals surface area contributed by atoms with Gasteiger partial charge in [0.25, 0.3) is 0 Å². The fourth-order valence-corrected chi connectivity index (χ4v) is 3.36. The number of rotatable bonds is 5. The molecule has 0 bridgehead atoms. The van der Waals surface area contributed by atoms with Crippen molar-refractivity contribution in [2.75, 3.05) is 0 Å². The van der Waals surface area contributed by atoms with E-state index in [9.17, 15) is 5.26 Å². The van der Waals surface area contributed by atoms with E-state index >= 15 is 0 Å². The van der Waals surface area contributed by atoms with E-state index in [0.29, 0.717) is 6.42 Å². The van der Waals surface area contributed by atoms with Gasteiger partial charge in [-0.2, -0.15) is 5.26 Å². The molecule has 0 unspecified atom stereocenters. The lowest BCUT2D eigenvalue weighted by molar-refractivity contribution is 0.534. The average Bonchev–Trinajstić information content (AvgIpc) is 3.15. The molecule has 1 atom stereocenters. The SMILES string of the molecule is Cc1ccc(C[C@H](C#N)Sc2nnc(-c3ccoc3C)n2C)cc1. The van der Waals surface area contributed by atoms with Crippen molar-refractivity contribution in [2.24, 2.45) is 7.05 Å². The third-order valence-corrected chi connectivity index (χ3v) is 4.99. The number of thioether (sulfide) groups is 1. The van der Waals surface area contributed by atoms with Gasteiger partial charge in [-0.3, -0.25) is 0 Å². The Kier molecular flexibility index (Phi) is 4.72. The van der Waals surface area contributed by atoms with Crippen LogP contribution in [-0.2, 0) is 13.5 Å².